The molecule has 18 heavy (non-hydrogen) atoms. The van der Waals surface area contributed by atoms with Crippen LogP contribution in [0, 0.1) is 0 Å². The van der Waals surface area contributed by atoms with E-state index in [0.717, 1.165) is 12.0 Å². The van der Waals surface area contributed by atoms with Gasteiger partial charge < -0.3 is 9.64 Å². The fourth-order valence-electron chi connectivity index (χ4n) is 1.42. The van der Waals surface area contributed by atoms with E-state index in [9.17, 15) is 4.79 Å². The van der Waals surface area contributed by atoms with Crippen molar-refractivity contribution in [1.29, 1.82) is 0 Å². The van der Waals surface area contributed by atoms with Crippen LogP contribution in [0.2, 0.25) is 5.02 Å². The van der Waals surface area contributed by atoms with Gasteiger partial charge in [-0.2, -0.15) is 0 Å². The van der Waals surface area contributed by atoms with Gasteiger partial charge in [-0.15, -0.1) is 0 Å². The first-order chi connectivity index (χ1) is 8.63. The number of hydrogen-bond donors (Lipinski definition) is 0. The summed E-state index contributed by atoms with van der Waals surface area (Å²) in [6.45, 7) is 1.36. The Bertz CT molecular complexity index is 401. The van der Waals surface area contributed by atoms with E-state index < -0.39 is 0 Å². The number of carbonyl (C=O) groups excluding carboxylic acids is 1. The Morgan fingerprint density at radius 2 is 2.06 bits per heavy atom. The molecule has 1 aromatic carbocycles. The average Bonchev–Trinajstić information content (AvgIpc) is 2.38. The number of ether oxygens (including phenoxy) is 1. The second-order valence-corrected chi connectivity index (χ2v) is 4.43. The molecule has 1 amide bonds. The summed E-state index contributed by atoms with van der Waals surface area (Å²) in [5.74, 6) is -0.0129. The summed E-state index contributed by atoms with van der Waals surface area (Å²) in [5.41, 5.74) is 0.957. The predicted octanol–water partition coefficient (Wildman–Crippen LogP) is 2.85. The van der Waals surface area contributed by atoms with Crippen molar-refractivity contribution in [1.82, 2.24) is 4.90 Å². The fraction of sp³-hybridized carbons (Fsp3) is 0.357. The van der Waals surface area contributed by atoms with Gasteiger partial charge in [0.2, 0.25) is 5.91 Å². The molecule has 0 saturated heterocycles. The minimum atomic E-state index is -0.0129. The fourth-order valence-corrected chi connectivity index (χ4v) is 1.55. The molecule has 0 spiro atoms. The van der Waals surface area contributed by atoms with Crippen molar-refractivity contribution in [2.24, 2.45) is 0 Å². The van der Waals surface area contributed by atoms with Crippen LogP contribution in [0.15, 0.2) is 30.3 Å². The van der Waals surface area contributed by atoms with Crippen molar-refractivity contribution < 1.29 is 9.53 Å². The van der Waals surface area contributed by atoms with E-state index in [4.69, 9.17) is 16.3 Å². The van der Waals surface area contributed by atoms with Crippen LogP contribution in [-0.4, -0.2) is 38.1 Å². The Balaban J connectivity index is 2.45. The maximum absolute atomic E-state index is 11.7. The van der Waals surface area contributed by atoms with Crippen molar-refractivity contribution in [3.05, 3.63) is 40.9 Å². The molecule has 3 nitrogen and oxygen atoms in total. The molecule has 0 aromatic heterocycles. The topological polar surface area (TPSA) is 29.5 Å². The maximum Gasteiger partial charge on any atom is 0.246 e. The molecule has 0 fully saturated rings. The lowest BCUT2D eigenvalue weighted by Crippen LogP contribution is -2.26. The molecule has 0 aliphatic rings. The van der Waals surface area contributed by atoms with Crippen LogP contribution in [0.5, 0.6) is 0 Å². The first-order valence-electron chi connectivity index (χ1n) is 5.81. The van der Waals surface area contributed by atoms with Gasteiger partial charge in [-0.25, -0.2) is 0 Å². The van der Waals surface area contributed by atoms with Gasteiger partial charge in [0.25, 0.3) is 0 Å². The molecule has 0 bridgehead atoms. The SMILES string of the molecule is COCCCN(C)C(=O)/C=C/c1ccc(Cl)cc1. The Kier molecular flexibility index (Phi) is 6.47. The molecule has 0 aliphatic heterocycles. The number of carbonyl (C=O) groups is 1. The van der Waals surface area contributed by atoms with Crippen LogP contribution >= 0.6 is 11.6 Å². The van der Waals surface area contributed by atoms with E-state index in [1.165, 1.54) is 0 Å². The van der Waals surface area contributed by atoms with Crippen LogP contribution < -0.4 is 0 Å². The zero-order chi connectivity index (χ0) is 13.4. The number of benzene rings is 1. The van der Waals surface area contributed by atoms with Crippen LogP contribution in [0.4, 0.5) is 0 Å². The molecular weight excluding hydrogens is 250 g/mol. The van der Waals surface area contributed by atoms with E-state index in [0.29, 0.717) is 18.2 Å². The van der Waals surface area contributed by atoms with Gasteiger partial charge in [-0.05, 0) is 30.2 Å². The van der Waals surface area contributed by atoms with Crippen molar-refractivity contribution in [2.75, 3.05) is 27.3 Å². The number of methoxy groups -OCH3 is 1. The third kappa shape index (κ3) is 5.34. The Morgan fingerprint density at radius 3 is 2.67 bits per heavy atom. The summed E-state index contributed by atoms with van der Waals surface area (Å²) in [6.07, 6.45) is 4.19. The lowest BCUT2D eigenvalue weighted by atomic mass is 10.2. The number of likely N-dealkylation sites (N-methyl/N-ethyl adjacent to an activating group) is 1. The molecule has 0 N–H and O–H groups in total. The number of amides is 1. The lowest BCUT2D eigenvalue weighted by Gasteiger charge is -2.14. The largest absolute Gasteiger partial charge is 0.385 e. The second-order valence-electron chi connectivity index (χ2n) is 3.99. The molecule has 98 valence electrons. The number of nitrogens with zero attached hydrogens (tertiary/aromatic N) is 1. The summed E-state index contributed by atoms with van der Waals surface area (Å²) >= 11 is 5.78. The third-order valence-corrected chi connectivity index (χ3v) is 2.76. The van der Waals surface area contributed by atoms with Gasteiger partial charge in [0.1, 0.15) is 0 Å². The van der Waals surface area contributed by atoms with Gasteiger partial charge in [0, 0.05) is 38.4 Å². The summed E-state index contributed by atoms with van der Waals surface area (Å²) in [4.78, 5) is 13.4. The van der Waals surface area contributed by atoms with Gasteiger partial charge >= 0.3 is 0 Å². The predicted molar refractivity (Wildman–Crippen MR) is 74.6 cm³/mol. The first kappa shape index (κ1) is 14.7. The first-order valence-corrected chi connectivity index (χ1v) is 6.19. The van der Waals surface area contributed by atoms with Crippen LogP contribution in [0.25, 0.3) is 6.08 Å². The summed E-state index contributed by atoms with van der Waals surface area (Å²) in [5, 5.41) is 0.690. The van der Waals surface area contributed by atoms with Crippen molar-refractivity contribution in [2.45, 2.75) is 6.42 Å². The van der Waals surface area contributed by atoms with Crippen molar-refractivity contribution in [3.63, 3.8) is 0 Å². The third-order valence-electron chi connectivity index (χ3n) is 2.51. The Hall–Kier alpha value is -1.32. The molecule has 0 unspecified atom stereocenters. The Morgan fingerprint density at radius 1 is 1.39 bits per heavy atom. The molecule has 4 heteroatoms. The zero-order valence-electron chi connectivity index (χ0n) is 10.7. The number of hydrogen-bond acceptors (Lipinski definition) is 2. The highest BCUT2D eigenvalue weighted by atomic mass is 35.5. The molecule has 0 aliphatic carbocycles. The highest BCUT2D eigenvalue weighted by molar-refractivity contribution is 6.30. The van der Waals surface area contributed by atoms with Gasteiger partial charge in [-0.1, -0.05) is 23.7 Å². The van der Waals surface area contributed by atoms with Gasteiger partial charge in [-0.3, -0.25) is 4.79 Å². The van der Waals surface area contributed by atoms with Gasteiger partial charge in [0.15, 0.2) is 0 Å². The van der Waals surface area contributed by atoms with E-state index >= 15 is 0 Å². The highest BCUT2D eigenvalue weighted by Gasteiger charge is 2.03. The van der Waals surface area contributed by atoms with Crippen LogP contribution in [-0.2, 0) is 9.53 Å². The second kappa shape index (κ2) is 7.90. The molecule has 1 rings (SSSR count). The summed E-state index contributed by atoms with van der Waals surface area (Å²) in [7, 11) is 3.44. The minimum absolute atomic E-state index is 0.0129. The summed E-state index contributed by atoms with van der Waals surface area (Å²) in [6, 6.07) is 7.34. The monoisotopic (exact) mass is 267 g/mol. The van der Waals surface area contributed by atoms with Crippen LogP contribution in [0.1, 0.15) is 12.0 Å². The number of rotatable bonds is 6. The average molecular weight is 268 g/mol. The van der Waals surface area contributed by atoms with Gasteiger partial charge in [0.05, 0.1) is 0 Å². The molecule has 0 heterocycles. The Labute approximate surface area is 113 Å². The quantitative estimate of drug-likeness (QED) is 0.586. The van der Waals surface area contributed by atoms with E-state index in [2.05, 4.69) is 0 Å². The van der Waals surface area contributed by atoms with Crippen LogP contribution in [0.3, 0.4) is 0 Å². The number of halogens is 1. The molecule has 1 aromatic rings. The molecule has 0 radical (unpaired) electrons. The summed E-state index contributed by atoms with van der Waals surface area (Å²) < 4.78 is 4.94. The smallest absolute Gasteiger partial charge is 0.246 e. The van der Waals surface area contributed by atoms with E-state index in [1.54, 1.807) is 43.3 Å². The molecule has 0 atom stereocenters. The normalized spacial score (nSPS) is 10.8. The van der Waals surface area contributed by atoms with Crippen molar-refractivity contribution in [3.8, 4) is 0 Å². The van der Waals surface area contributed by atoms with Crippen molar-refractivity contribution >= 4 is 23.6 Å². The lowest BCUT2D eigenvalue weighted by molar-refractivity contribution is -0.124. The highest BCUT2D eigenvalue weighted by Crippen LogP contribution is 2.10. The zero-order valence-corrected chi connectivity index (χ0v) is 11.5. The minimum Gasteiger partial charge on any atom is -0.385 e. The molecular formula is C14H18ClNO2. The van der Waals surface area contributed by atoms with E-state index in [1.807, 2.05) is 12.1 Å². The van der Waals surface area contributed by atoms with E-state index in [-0.39, 0.29) is 5.91 Å². The maximum atomic E-state index is 11.7. The molecule has 0 saturated carbocycles. The standard InChI is InChI=1S/C14H18ClNO2/c1-16(10-3-11-18-2)14(17)9-6-12-4-7-13(15)8-5-12/h4-9H,3,10-11H2,1-2H3/b9-6+.